The number of carbonyl (C=O) groups excluding carboxylic acids is 1. The number of carbonyl (C=O) groups is 1. The molecule has 1 N–H and O–H groups in total. The van der Waals surface area contributed by atoms with Gasteiger partial charge in [0.05, 0.1) is 0 Å². The molecule has 0 unspecified atom stereocenters. The summed E-state index contributed by atoms with van der Waals surface area (Å²) in [6.45, 7) is 8.30. The second-order valence-electron chi connectivity index (χ2n) is 7.35. The van der Waals surface area contributed by atoms with E-state index in [1.165, 1.54) is 37.1 Å². The fraction of sp³-hybridized carbons (Fsp3) is 0.409. The van der Waals surface area contributed by atoms with Gasteiger partial charge in [0.1, 0.15) is 0 Å². The maximum Gasteiger partial charge on any atom is 0.251 e. The predicted molar refractivity (Wildman–Crippen MR) is 102 cm³/mol. The lowest BCUT2D eigenvalue weighted by Gasteiger charge is -2.30. The Kier molecular flexibility index (Phi) is 5.87. The molecular weight excluding hydrogens is 308 g/mol. The number of nitrogens with zero attached hydrogens (tertiary/aromatic N) is 1. The van der Waals surface area contributed by atoms with Gasteiger partial charge in [0, 0.05) is 25.2 Å². The molecular formula is C22H28N2O. The Morgan fingerprint density at radius 2 is 1.96 bits per heavy atom. The van der Waals surface area contributed by atoms with Gasteiger partial charge in [0.2, 0.25) is 0 Å². The Balaban J connectivity index is 1.53. The largest absolute Gasteiger partial charge is 0.348 e. The molecule has 0 radical (unpaired) electrons. The van der Waals surface area contributed by atoms with Crippen molar-refractivity contribution in [2.24, 2.45) is 5.92 Å². The summed E-state index contributed by atoms with van der Waals surface area (Å²) in [4.78, 5) is 14.8. The number of hydrogen-bond acceptors (Lipinski definition) is 2. The van der Waals surface area contributed by atoms with Crippen LogP contribution in [0, 0.1) is 12.8 Å². The minimum absolute atomic E-state index is 0.0142. The van der Waals surface area contributed by atoms with E-state index in [-0.39, 0.29) is 5.91 Å². The van der Waals surface area contributed by atoms with Crippen LogP contribution in [0.5, 0.6) is 0 Å². The van der Waals surface area contributed by atoms with Crippen LogP contribution >= 0.6 is 0 Å². The van der Waals surface area contributed by atoms with Crippen LogP contribution in [0.15, 0.2) is 48.5 Å². The number of likely N-dealkylation sites (tertiary alicyclic amines) is 1. The van der Waals surface area contributed by atoms with Crippen molar-refractivity contribution in [1.82, 2.24) is 10.2 Å². The zero-order chi connectivity index (χ0) is 17.6. The van der Waals surface area contributed by atoms with Gasteiger partial charge in [-0.05, 0) is 55.5 Å². The first-order valence-electron chi connectivity index (χ1n) is 9.25. The van der Waals surface area contributed by atoms with Crippen molar-refractivity contribution in [3.05, 3.63) is 70.8 Å². The molecule has 132 valence electrons. The van der Waals surface area contributed by atoms with Crippen molar-refractivity contribution >= 4 is 5.91 Å². The summed E-state index contributed by atoms with van der Waals surface area (Å²) >= 11 is 0. The molecule has 1 amide bonds. The van der Waals surface area contributed by atoms with Gasteiger partial charge < -0.3 is 5.32 Å². The van der Waals surface area contributed by atoms with E-state index in [0.717, 1.165) is 23.6 Å². The van der Waals surface area contributed by atoms with E-state index >= 15 is 0 Å². The van der Waals surface area contributed by atoms with Crippen LogP contribution in [-0.2, 0) is 13.1 Å². The highest BCUT2D eigenvalue weighted by Crippen LogP contribution is 2.18. The molecule has 0 aliphatic carbocycles. The van der Waals surface area contributed by atoms with Gasteiger partial charge in [0.15, 0.2) is 0 Å². The number of hydrogen-bond donors (Lipinski definition) is 1. The maximum atomic E-state index is 12.3. The van der Waals surface area contributed by atoms with E-state index in [2.05, 4.69) is 48.3 Å². The topological polar surface area (TPSA) is 32.3 Å². The van der Waals surface area contributed by atoms with Crippen LogP contribution in [0.25, 0.3) is 0 Å². The third-order valence-electron chi connectivity index (χ3n) is 4.90. The van der Waals surface area contributed by atoms with Crippen LogP contribution in [-0.4, -0.2) is 23.9 Å². The minimum atomic E-state index is -0.0142. The van der Waals surface area contributed by atoms with Crippen LogP contribution in [0.4, 0.5) is 0 Å². The summed E-state index contributed by atoms with van der Waals surface area (Å²) in [5.41, 5.74) is 4.35. The molecule has 1 saturated heterocycles. The molecule has 2 aromatic rings. The summed E-state index contributed by atoms with van der Waals surface area (Å²) in [5.74, 6) is 0.778. The van der Waals surface area contributed by atoms with Gasteiger partial charge in [-0.2, -0.15) is 0 Å². The van der Waals surface area contributed by atoms with Gasteiger partial charge in [-0.1, -0.05) is 48.9 Å². The van der Waals surface area contributed by atoms with Crippen molar-refractivity contribution in [2.75, 3.05) is 13.1 Å². The van der Waals surface area contributed by atoms with E-state index in [1.54, 1.807) is 0 Å². The number of aryl methyl sites for hydroxylation is 1. The number of benzene rings is 2. The Hall–Kier alpha value is -2.13. The summed E-state index contributed by atoms with van der Waals surface area (Å²) < 4.78 is 0. The fourth-order valence-corrected chi connectivity index (χ4v) is 3.56. The van der Waals surface area contributed by atoms with Crippen molar-refractivity contribution in [3.8, 4) is 0 Å². The Morgan fingerprint density at radius 1 is 1.16 bits per heavy atom. The van der Waals surface area contributed by atoms with Gasteiger partial charge in [-0.15, -0.1) is 0 Å². The highest BCUT2D eigenvalue weighted by atomic mass is 16.1. The molecule has 1 aliphatic rings. The SMILES string of the molecule is Cc1cccc(CNC(=O)c2ccc(CN3CCC[C@@H](C)C3)cc2)c1. The first-order valence-corrected chi connectivity index (χ1v) is 9.25. The van der Waals surface area contributed by atoms with Crippen LogP contribution in [0.3, 0.4) is 0 Å². The lowest BCUT2D eigenvalue weighted by Crippen LogP contribution is -2.33. The zero-order valence-electron chi connectivity index (χ0n) is 15.3. The average Bonchev–Trinajstić information content (AvgIpc) is 2.60. The molecule has 0 saturated carbocycles. The van der Waals surface area contributed by atoms with E-state index < -0.39 is 0 Å². The van der Waals surface area contributed by atoms with Crippen molar-refractivity contribution in [3.63, 3.8) is 0 Å². The van der Waals surface area contributed by atoms with E-state index in [0.29, 0.717) is 6.54 Å². The van der Waals surface area contributed by atoms with Gasteiger partial charge >= 0.3 is 0 Å². The number of nitrogens with one attached hydrogen (secondary N) is 1. The minimum Gasteiger partial charge on any atom is -0.348 e. The average molecular weight is 336 g/mol. The highest BCUT2D eigenvalue weighted by molar-refractivity contribution is 5.94. The van der Waals surface area contributed by atoms with Crippen molar-refractivity contribution in [1.29, 1.82) is 0 Å². The quantitative estimate of drug-likeness (QED) is 0.889. The molecule has 25 heavy (non-hydrogen) atoms. The summed E-state index contributed by atoms with van der Waals surface area (Å²) in [7, 11) is 0. The normalized spacial score (nSPS) is 18.1. The zero-order valence-corrected chi connectivity index (χ0v) is 15.3. The third kappa shape index (κ3) is 5.17. The van der Waals surface area contributed by atoms with Gasteiger partial charge in [-0.25, -0.2) is 0 Å². The Labute approximate surface area is 151 Å². The molecule has 3 heteroatoms. The molecule has 2 aromatic carbocycles. The number of rotatable bonds is 5. The first kappa shape index (κ1) is 17.7. The van der Waals surface area contributed by atoms with Crippen molar-refractivity contribution in [2.45, 2.75) is 39.8 Å². The lowest BCUT2D eigenvalue weighted by atomic mass is 9.99. The van der Waals surface area contributed by atoms with E-state index in [4.69, 9.17) is 0 Å². The van der Waals surface area contributed by atoms with Crippen LogP contribution in [0.1, 0.15) is 46.8 Å². The van der Waals surface area contributed by atoms with E-state index in [9.17, 15) is 4.79 Å². The van der Waals surface area contributed by atoms with Gasteiger partial charge in [-0.3, -0.25) is 9.69 Å². The Bertz CT molecular complexity index is 708. The molecule has 1 fully saturated rings. The summed E-state index contributed by atoms with van der Waals surface area (Å²) in [6, 6.07) is 16.3. The second-order valence-corrected chi connectivity index (χ2v) is 7.35. The standard InChI is InChI=1S/C22H28N2O/c1-17-5-3-7-20(13-17)14-23-22(25)21-10-8-19(9-11-21)16-24-12-4-6-18(2)15-24/h3,5,7-11,13,18H,4,6,12,14-16H2,1-2H3,(H,23,25)/t18-/m1/s1. The van der Waals surface area contributed by atoms with Gasteiger partial charge in [0.25, 0.3) is 5.91 Å². The molecule has 1 heterocycles. The molecule has 3 nitrogen and oxygen atoms in total. The number of amides is 1. The number of piperidine rings is 1. The van der Waals surface area contributed by atoms with Crippen LogP contribution < -0.4 is 5.32 Å². The van der Waals surface area contributed by atoms with Crippen LogP contribution in [0.2, 0.25) is 0 Å². The molecule has 3 rings (SSSR count). The molecule has 0 aromatic heterocycles. The highest BCUT2D eigenvalue weighted by Gasteiger charge is 2.16. The lowest BCUT2D eigenvalue weighted by molar-refractivity contribution is 0.0951. The summed E-state index contributed by atoms with van der Waals surface area (Å²) in [5, 5.41) is 3.00. The second kappa shape index (κ2) is 8.30. The van der Waals surface area contributed by atoms with Crippen molar-refractivity contribution < 1.29 is 4.79 Å². The monoisotopic (exact) mass is 336 g/mol. The smallest absolute Gasteiger partial charge is 0.251 e. The molecule has 0 bridgehead atoms. The first-order chi connectivity index (χ1) is 12.1. The summed E-state index contributed by atoms with van der Waals surface area (Å²) in [6.07, 6.45) is 2.64. The molecule has 0 spiro atoms. The Morgan fingerprint density at radius 3 is 2.68 bits per heavy atom. The maximum absolute atomic E-state index is 12.3. The predicted octanol–water partition coefficient (Wildman–Crippen LogP) is 4.16. The third-order valence-corrected chi connectivity index (χ3v) is 4.90. The van der Waals surface area contributed by atoms with E-state index in [1.807, 2.05) is 24.3 Å². The molecule has 1 atom stereocenters. The fourth-order valence-electron chi connectivity index (χ4n) is 3.56. The molecule has 1 aliphatic heterocycles.